The van der Waals surface area contributed by atoms with Crippen molar-refractivity contribution in [2.75, 3.05) is 20.3 Å². The fourth-order valence-electron chi connectivity index (χ4n) is 3.13. The molecule has 0 aliphatic rings. The van der Waals surface area contributed by atoms with Gasteiger partial charge in [-0.2, -0.15) is 0 Å². The molecule has 0 aliphatic heterocycles. The maximum absolute atomic E-state index is 12.7. The van der Waals surface area contributed by atoms with Gasteiger partial charge in [-0.15, -0.1) is 0 Å². The Balaban J connectivity index is 1.66. The number of ether oxygens (including phenoxy) is 3. The molecule has 0 N–H and O–H groups in total. The monoisotopic (exact) mass is 428 g/mol. The van der Waals surface area contributed by atoms with Crippen LogP contribution in [0.1, 0.15) is 16.8 Å². The molecule has 0 aliphatic carbocycles. The Bertz CT molecular complexity index is 1240. The molecule has 0 fully saturated rings. The first-order valence-electron chi connectivity index (χ1n) is 9.58. The van der Waals surface area contributed by atoms with Crippen molar-refractivity contribution in [1.82, 2.24) is 18.7 Å². The fourth-order valence-corrected chi connectivity index (χ4v) is 3.13. The van der Waals surface area contributed by atoms with Crippen molar-refractivity contribution < 1.29 is 19.0 Å². The Hall–Kier alpha value is -3.82. The largest absolute Gasteiger partial charge is 0.493 e. The van der Waals surface area contributed by atoms with Gasteiger partial charge in [0.1, 0.15) is 6.61 Å². The van der Waals surface area contributed by atoms with E-state index in [4.69, 9.17) is 14.2 Å². The number of imidazole rings is 1. The van der Waals surface area contributed by atoms with Crippen LogP contribution >= 0.6 is 0 Å². The average molecular weight is 428 g/mol. The third kappa shape index (κ3) is 4.37. The van der Waals surface area contributed by atoms with E-state index >= 15 is 0 Å². The van der Waals surface area contributed by atoms with E-state index in [-0.39, 0.29) is 13.2 Å². The first-order chi connectivity index (χ1) is 14.9. The number of fused-ring (bicyclic) bond motifs is 1. The molecule has 10 heteroatoms. The van der Waals surface area contributed by atoms with Gasteiger partial charge >= 0.3 is 11.7 Å². The zero-order valence-corrected chi connectivity index (χ0v) is 17.7. The molecule has 0 atom stereocenters. The summed E-state index contributed by atoms with van der Waals surface area (Å²) in [7, 11) is 4.72. The van der Waals surface area contributed by atoms with Crippen molar-refractivity contribution in [3.63, 3.8) is 0 Å². The zero-order valence-electron chi connectivity index (χ0n) is 17.7. The third-order valence-corrected chi connectivity index (χ3v) is 4.72. The Kier molecular flexibility index (Phi) is 6.58. The molecule has 2 aromatic heterocycles. The molecule has 0 saturated carbocycles. The number of esters is 1. The molecule has 31 heavy (non-hydrogen) atoms. The standard InChI is InChI=1S/C21H24N4O6/c1-5-10-30-15-8-7-14(12-16(15)29-4)20(27)31-11-6-9-25-19(26)17-18(22-13-23(17)2)24(3)21(25)28/h5,7-8,12-13H,1,6,9-11H2,2-4H3. The van der Waals surface area contributed by atoms with Crippen molar-refractivity contribution in [3.8, 4) is 11.5 Å². The summed E-state index contributed by atoms with van der Waals surface area (Å²) in [4.78, 5) is 41.6. The summed E-state index contributed by atoms with van der Waals surface area (Å²) >= 11 is 0. The van der Waals surface area contributed by atoms with E-state index in [2.05, 4.69) is 11.6 Å². The van der Waals surface area contributed by atoms with E-state index < -0.39 is 17.2 Å². The minimum absolute atomic E-state index is 0.0366. The maximum atomic E-state index is 12.7. The number of carbonyl (C=O) groups is 1. The van der Waals surface area contributed by atoms with Gasteiger partial charge in [-0.05, 0) is 24.6 Å². The van der Waals surface area contributed by atoms with Gasteiger partial charge in [-0.1, -0.05) is 12.7 Å². The van der Waals surface area contributed by atoms with Gasteiger partial charge in [0.05, 0.1) is 25.6 Å². The second-order valence-electron chi connectivity index (χ2n) is 6.78. The molecule has 0 saturated heterocycles. The number of nitrogens with zero attached hydrogens (tertiary/aromatic N) is 4. The highest BCUT2D eigenvalue weighted by Crippen LogP contribution is 2.28. The summed E-state index contributed by atoms with van der Waals surface area (Å²) in [5, 5.41) is 0. The van der Waals surface area contributed by atoms with Crippen LogP contribution in [0.4, 0.5) is 0 Å². The molecule has 0 radical (unpaired) electrons. The lowest BCUT2D eigenvalue weighted by Crippen LogP contribution is -2.39. The summed E-state index contributed by atoms with van der Waals surface area (Å²) < 4.78 is 20.0. The quantitative estimate of drug-likeness (QED) is 0.287. The lowest BCUT2D eigenvalue weighted by molar-refractivity contribution is 0.0495. The van der Waals surface area contributed by atoms with E-state index in [1.165, 1.54) is 24.1 Å². The van der Waals surface area contributed by atoms with Crippen LogP contribution in [0, 0.1) is 0 Å². The molecule has 3 rings (SSSR count). The van der Waals surface area contributed by atoms with E-state index in [1.54, 1.807) is 36.9 Å². The van der Waals surface area contributed by atoms with Gasteiger partial charge in [-0.25, -0.2) is 14.6 Å². The van der Waals surface area contributed by atoms with Gasteiger partial charge < -0.3 is 18.8 Å². The van der Waals surface area contributed by atoms with Gasteiger partial charge in [0.15, 0.2) is 22.7 Å². The minimum Gasteiger partial charge on any atom is -0.493 e. The second-order valence-corrected chi connectivity index (χ2v) is 6.78. The highest BCUT2D eigenvalue weighted by atomic mass is 16.5. The first kappa shape index (κ1) is 21.9. The van der Waals surface area contributed by atoms with Crippen LogP contribution < -0.4 is 20.7 Å². The number of carbonyl (C=O) groups excluding carboxylic acids is 1. The molecular weight excluding hydrogens is 404 g/mol. The molecule has 0 spiro atoms. The molecule has 0 amide bonds. The first-order valence-corrected chi connectivity index (χ1v) is 9.58. The molecule has 1 aromatic carbocycles. The molecule has 0 unspecified atom stereocenters. The number of aryl methyl sites for hydroxylation is 2. The van der Waals surface area contributed by atoms with Crippen molar-refractivity contribution in [1.29, 1.82) is 0 Å². The molecule has 10 nitrogen and oxygen atoms in total. The normalized spacial score (nSPS) is 10.8. The molecule has 0 bridgehead atoms. The van der Waals surface area contributed by atoms with E-state index in [1.807, 2.05) is 0 Å². The lowest BCUT2D eigenvalue weighted by Gasteiger charge is -2.11. The summed E-state index contributed by atoms with van der Waals surface area (Å²) in [6.45, 7) is 4.04. The van der Waals surface area contributed by atoms with Crippen LogP contribution in [0.3, 0.4) is 0 Å². The van der Waals surface area contributed by atoms with Crippen LogP contribution in [0.15, 0.2) is 46.8 Å². The molecular formula is C21H24N4O6. The molecule has 164 valence electrons. The fraction of sp³-hybridized carbons (Fsp3) is 0.333. The topological polar surface area (TPSA) is 107 Å². The van der Waals surface area contributed by atoms with Crippen LogP contribution in [0.25, 0.3) is 11.2 Å². The number of methoxy groups -OCH3 is 1. The molecule has 2 heterocycles. The van der Waals surface area contributed by atoms with Gasteiger partial charge in [-0.3, -0.25) is 13.9 Å². The van der Waals surface area contributed by atoms with Crippen molar-refractivity contribution in [2.24, 2.45) is 14.1 Å². The predicted molar refractivity (Wildman–Crippen MR) is 114 cm³/mol. The molecule has 3 aromatic rings. The summed E-state index contributed by atoms with van der Waals surface area (Å²) in [6.07, 6.45) is 3.38. The lowest BCUT2D eigenvalue weighted by atomic mass is 10.2. The average Bonchev–Trinajstić information content (AvgIpc) is 3.17. The van der Waals surface area contributed by atoms with Crippen LogP contribution in [0.5, 0.6) is 11.5 Å². The van der Waals surface area contributed by atoms with Crippen molar-refractivity contribution >= 4 is 17.1 Å². The zero-order chi connectivity index (χ0) is 22.5. The Morgan fingerprint density at radius 2 is 2.00 bits per heavy atom. The second kappa shape index (κ2) is 9.33. The van der Waals surface area contributed by atoms with Crippen molar-refractivity contribution in [2.45, 2.75) is 13.0 Å². The minimum atomic E-state index is -0.545. The highest BCUT2D eigenvalue weighted by molar-refractivity contribution is 5.90. The Morgan fingerprint density at radius 3 is 2.71 bits per heavy atom. The van der Waals surface area contributed by atoms with E-state index in [0.29, 0.717) is 41.3 Å². The smallest absolute Gasteiger partial charge is 0.338 e. The van der Waals surface area contributed by atoms with Crippen molar-refractivity contribution in [3.05, 3.63) is 63.6 Å². The Morgan fingerprint density at radius 1 is 1.23 bits per heavy atom. The predicted octanol–water partition coefficient (Wildman–Crippen LogP) is 1.25. The number of rotatable bonds is 9. The Labute approximate surface area is 177 Å². The number of aromatic nitrogens is 4. The number of hydrogen-bond donors (Lipinski definition) is 0. The third-order valence-electron chi connectivity index (χ3n) is 4.72. The van der Waals surface area contributed by atoms with Crippen LogP contribution in [-0.4, -0.2) is 45.0 Å². The van der Waals surface area contributed by atoms with E-state index in [9.17, 15) is 14.4 Å². The van der Waals surface area contributed by atoms with Gasteiger partial charge in [0, 0.05) is 20.6 Å². The summed E-state index contributed by atoms with van der Waals surface area (Å²) in [6, 6.07) is 4.71. The SMILES string of the molecule is C=CCOc1ccc(C(=O)OCCCn2c(=O)c3c(ncn3C)n(C)c2=O)cc1OC. The van der Waals surface area contributed by atoms with E-state index in [0.717, 1.165) is 4.57 Å². The van der Waals surface area contributed by atoms with Gasteiger partial charge in [0.2, 0.25) is 0 Å². The number of benzene rings is 1. The number of hydrogen-bond acceptors (Lipinski definition) is 7. The van der Waals surface area contributed by atoms with Gasteiger partial charge in [0.25, 0.3) is 5.56 Å². The highest BCUT2D eigenvalue weighted by Gasteiger charge is 2.15. The maximum Gasteiger partial charge on any atom is 0.338 e. The summed E-state index contributed by atoms with van der Waals surface area (Å²) in [5.74, 6) is 0.339. The summed E-state index contributed by atoms with van der Waals surface area (Å²) in [5.41, 5.74) is 0.0680. The van der Waals surface area contributed by atoms with Crippen LogP contribution in [0.2, 0.25) is 0 Å². The van der Waals surface area contributed by atoms with Crippen LogP contribution in [-0.2, 0) is 25.4 Å².